The summed E-state index contributed by atoms with van der Waals surface area (Å²) >= 11 is 0. The molecule has 1 rings (SSSR count). The summed E-state index contributed by atoms with van der Waals surface area (Å²) in [6.45, 7) is 7.14. The fraction of sp³-hybridized carbons (Fsp3) is 0.909. The number of nitrogens with one attached hydrogen (secondary N) is 2. The summed E-state index contributed by atoms with van der Waals surface area (Å²) in [5, 5.41) is 15.4. The van der Waals surface area contributed by atoms with Gasteiger partial charge in [0.15, 0.2) is 0 Å². The lowest BCUT2D eigenvalue weighted by molar-refractivity contribution is 0.0291. The molecule has 5 nitrogen and oxygen atoms in total. The molecule has 1 aliphatic heterocycles. The number of hydrogen-bond acceptors (Lipinski definition) is 3. The van der Waals surface area contributed by atoms with Crippen LogP contribution in [-0.4, -0.2) is 42.5 Å². The van der Waals surface area contributed by atoms with Crippen molar-refractivity contribution in [2.45, 2.75) is 38.8 Å². The molecule has 0 spiro atoms. The number of amides is 2. The topological polar surface area (TPSA) is 70.6 Å². The molecule has 1 fully saturated rings. The maximum atomic E-state index is 11.5. The van der Waals surface area contributed by atoms with Crippen molar-refractivity contribution < 1.29 is 14.6 Å². The van der Waals surface area contributed by atoms with E-state index < -0.39 is 5.60 Å². The molecule has 2 amide bonds. The Balaban J connectivity index is 2.24. The molecule has 2 atom stereocenters. The van der Waals surface area contributed by atoms with Crippen LogP contribution in [0.5, 0.6) is 0 Å². The highest BCUT2D eigenvalue weighted by atomic mass is 16.5. The summed E-state index contributed by atoms with van der Waals surface area (Å²) in [6.07, 6.45) is 0.576. The quantitative estimate of drug-likeness (QED) is 0.658. The zero-order valence-electron chi connectivity index (χ0n) is 10.2. The van der Waals surface area contributed by atoms with Crippen LogP contribution in [0.3, 0.4) is 0 Å². The number of hydrogen-bond donors (Lipinski definition) is 3. The second-order valence-corrected chi connectivity index (χ2v) is 4.89. The Labute approximate surface area is 96.6 Å². The molecule has 1 heterocycles. The average molecular weight is 230 g/mol. The van der Waals surface area contributed by atoms with Crippen molar-refractivity contribution >= 4 is 6.03 Å². The van der Waals surface area contributed by atoms with Gasteiger partial charge in [-0.25, -0.2) is 4.79 Å². The van der Waals surface area contributed by atoms with Crippen LogP contribution in [-0.2, 0) is 4.74 Å². The van der Waals surface area contributed by atoms with E-state index in [0.717, 1.165) is 0 Å². The van der Waals surface area contributed by atoms with Gasteiger partial charge in [-0.3, -0.25) is 0 Å². The molecule has 94 valence electrons. The molecule has 3 N–H and O–H groups in total. The largest absolute Gasteiger partial charge is 0.386 e. The molecule has 0 aromatic rings. The maximum absolute atomic E-state index is 11.5. The second-order valence-electron chi connectivity index (χ2n) is 4.89. The van der Waals surface area contributed by atoms with Crippen LogP contribution in [0.2, 0.25) is 0 Å². The van der Waals surface area contributed by atoms with Crippen LogP contribution in [0.25, 0.3) is 0 Å². The lowest BCUT2D eigenvalue weighted by Gasteiger charge is -2.23. The minimum Gasteiger partial charge on any atom is -0.386 e. The predicted molar refractivity (Wildman–Crippen MR) is 61.2 cm³/mol. The third-order valence-corrected chi connectivity index (χ3v) is 3.02. The Morgan fingerprint density at radius 1 is 1.50 bits per heavy atom. The van der Waals surface area contributed by atoms with E-state index in [1.807, 2.05) is 20.8 Å². The van der Waals surface area contributed by atoms with E-state index in [2.05, 4.69) is 10.6 Å². The normalized spacial score (nSPS) is 26.8. The Bertz CT molecular complexity index is 237. The summed E-state index contributed by atoms with van der Waals surface area (Å²) < 4.78 is 5.09. The lowest BCUT2D eigenvalue weighted by atomic mass is 10.0. The van der Waals surface area contributed by atoms with E-state index in [9.17, 15) is 9.90 Å². The van der Waals surface area contributed by atoms with Crippen LogP contribution in [0.15, 0.2) is 0 Å². The smallest absolute Gasteiger partial charge is 0.315 e. The number of carbonyl (C=O) groups is 1. The molecule has 0 saturated carbocycles. The number of urea groups is 1. The third-order valence-electron chi connectivity index (χ3n) is 3.02. The van der Waals surface area contributed by atoms with E-state index in [4.69, 9.17) is 4.74 Å². The highest BCUT2D eigenvalue weighted by Gasteiger charge is 2.32. The fourth-order valence-electron chi connectivity index (χ4n) is 1.41. The van der Waals surface area contributed by atoms with E-state index in [-0.39, 0.29) is 18.6 Å². The Morgan fingerprint density at radius 3 is 2.69 bits per heavy atom. The molecule has 2 unspecified atom stereocenters. The molecular formula is C11H22N2O3. The monoisotopic (exact) mass is 230 g/mol. The first-order chi connectivity index (χ1) is 7.43. The van der Waals surface area contributed by atoms with Crippen LogP contribution < -0.4 is 10.6 Å². The summed E-state index contributed by atoms with van der Waals surface area (Å²) in [4.78, 5) is 11.5. The molecular weight excluding hydrogens is 208 g/mol. The summed E-state index contributed by atoms with van der Waals surface area (Å²) in [6, 6.07) is -0.115. The van der Waals surface area contributed by atoms with E-state index in [0.29, 0.717) is 25.6 Å². The van der Waals surface area contributed by atoms with Gasteiger partial charge in [-0.1, -0.05) is 13.8 Å². The number of ether oxygens (including phenoxy) is 1. The second kappa shape index (κ2) is 5.50. The van der Waals surface area contributed by atoms with Gasteiger partial charge in [-0.05, 0) is 12.8 Å². The molecule has 1 saturated heterocycles. The zero-order valence-corrected chi connectivity index (χ0v) is 10.2. The van der Waals surface area contributed by atoms with Crippen LogP contribution in [0, 0.1) is 5.92 Å². The van der Waals surface area contributed by atoms with Gasteiger partial charge in [-0.15, -0.1) is 0 Å². The SMILES string of the molecule is CC(C)C(C)NC(=O)NCC1(O)CCOC1. The number of rotatable bonds is 4. The van der Waals surface area contributed by atoms with Gasteiger partial charge in [0.05, 0.1) is 13.2 Å². The molecule has 0 aromatic heterocycles. The number of carbonyl (C=O) groups excluding carboxylic acids is 1. The molecule has 16 heavy (non-hydrogen) atoms. The molecule has 1 aliphatic rings. The molecule has 5 heteroatoms. The number of aliphatic hydroxyl groups is 1. The van der Waals surface area contributed by atoms with E-state index in [1.54, 1.807) is 0 Å². The van der Waals surface area contributed by atoms with Gasteiger partial charge in [0, 0.05) is 19.1 Å². The van der Waals surface area contributed by atoms with Crippen molar-refractivity contribution in [3.05, 3.63) is 0 Å². The summed E-state index contributed by atoms with van der Waals surface area (Å²) in [5.74, 6) is 0.392. The van der Waals surface area contributed by atoms with Crippen molar-refractivity contribution in [3.8, 4) is 0 Å². The van der Waals surface area contributed by atoms with Gasteiger partial charge >= 0.3 is 6.03 Å². The van der Waals surface area contributed by atoms with Gasteiger partial charge in [0.1, 0.15) is 5.60 Å². The first kappa shape index (κ1) is 13.3. The van der Waals surface area contributed by atoms with Gasteiger partial charge in [0.25, 0.3) is 0 Å². The van der Waals surface area contributed by atoms with Crippen molar-refractivity contribution in [3.63, 3.8) is 0 Å². The minimum absolute atomic E-state index is 0.120. The van der Waals surface area contributed by atoms with E-state index >= 15 is 0 Å². The highest BCUT2D eigenvalue weighted by Crippen LogP contribution is 2.16. The minimum atomic E-state index is -0.890. The Kier molecular flexibility index (Phi) is 4.56. The molecule has 0 radical (unpaired) electrons. The molecule has 0 bridgehead atoms. The van der Waals surface area contributed by atoms with Crippen molar-refractivity contribution in [1.29, 1.82) is 0 Å². The molecule has 0 aliphatic carbocycles. The maximum Gasteiger partial charge on any atom is 0.315 e. The van der Waals surface area contributed by atoms with Gasteiger partial charge in [-0.2, -0.15) is 0 Å². The van der Waals surface area contributed by atoms with Crippen molar-refractivity contribution in [2.24, 2.45) is 5.92 Å². The Hall–Kier alpha value is -0.810. The summed E-state index contributed by atoms with van der Waals surface area (Å²) in [7, 11) is 0. The highest BCUT2D eigenvalue weighted by molar-refractivity contribution is 5.74. The van der Waals surface area contributed by atoms with Gasteiger partial charge < -0.3 is 20.5 Å². The first-order valence-electron chi connectivity index (χ1n) is 5.77. The van der Waals surface area contributed by atoms with E-state index in [1.165, 1.54) is 0 Å². The third kappa shape index (κ3) is 3.98. The lowest BCUT2D eigenvalue weighted by Crippen LogP contribution is -2.49. The van der Waals surface area contributed by atoms with Crippen LogP contribution in [0.1, 0.15) is 27.2 Å². The van der Waals surface area contributed by atoms with Crippen molar-refractivity contribution in [1.82, 2.24) is 10.6 Å². The van der Waals surface area contributed by atoms with Gasteiger partial charge in [0.2, 0.25) is 0 Å². The Morgan fingerprint density at radius 2 is 2.19 bits per heavy atom. The van der Waals surface area contributed by atoms with Crippen LogP contribution in [0.4, 0.5) is 4.79 Å². The molecule has 0 aromatic carbocycles. The standard InChI is InChI=1S/C11H22N2O3/c1-8(2)9(3)13-10(14)12-6-11(15)4-5-16-7-11/h8-9,15H,4-7H2,1-3H3,(H2,12,13,14). The fourth-order valence-corrected chi connectivity index (χ4v) is 1.41. The van der Waals surface area contributed by atoms with Crippen LogP contribution >= 0.6 is 0 Å². The first-order valence-corrected chi connectivity index (χ1v) is 5.77. The predicted octanol–water partition coefficient (Wildman–Crippen LogP) is 0.481. The zero-order chi connectivity index (χ0) is 12.2. The average Bonchev–Trinajstić information content (AvgIpc) is 2.63. The van der Waals surface area contributed by atoms with Crippen molar-refractivity contribution in [2.75, 3.05) is 19.8 Å². The summed E-state index contributed by atoms with van der Waals surface area (Å²) in [5.41, 5.74) is -0.890.